The number of likely N-dealkylation sites (N-methyl/N-ethyl adjacent to an activating group) is 1. The number of nitrogens with zero attached hydrogens (tertiary/aromatic N) is 1. The minimum atomic E-state index is -4.62. The standard InChI is InChI=1S/C73H133N2O6P/c1-6-8-10-12-14-16-18-20-22-24-26-28-30-32-33-34-35-36-37-38-39-40-41-43-45-47-49-51-53-55-57-59-61-63-65-67-73(77)74-71(70-81-82(78,79)80-69-68-75(3,4)5)72(76)66-64-62-60-58-56-54-52-50-48-46-44-42-31-29-27-25-23-21-19-17-15-13-11-9-7-2/h8,10,14,16,20,22,26,28,32-33,35-36,56,58,64,66,71-72,76H,6-7,9,11-13,15,17-19,21,23-25,27,29-31,34,37-55,57,59-63,65,67-70H2,1-5H3,(H-,74,77,78,79)/b10-8-,16-14-,22-20-,28-26-,33-32-,36-35-,58-56+,66-64+. The zero-order valence-corrected chi connectivity index (χ0v) is 55.3. The second-order valence-corrected chi connectivity index (χ2v) is 25.9. The molecular weight excluding hydrogens is 1030 g/mol. The van der Waals surface area contributed by atoms with Gasteiger partial charge < -0.3 is 28.8 Å². The van der Waals surface area contributed by atoms with Gasteiger partial charge in [-0.3, -0.25) is 9.36 Å². The number of phosphoric ester groups is 1. The van der Waals surface area contributed by atoms with Crippen LogP contribution in [0, 0.1) is 0 Å². The number of rotatable bonds is 63. The van der Waals surface area contributed by atoms with Crippen LogP contribution in [0.3, 0.4) is 0 Å². The summed E-state index contributed by atoms with van der Waals surface area (Å²) in [6.45, 7) is 4.54. The predicted molar refractivity (Wildman–Crippen MR) is 357 cm³/mol. The Labute approximate surface area is 509 Å². The highest BCUT2D eigenvalue weighted by atomic mass is 31.2. The van der Waals surface area contributed by atoms with Gasteiger partial charge in [0, 0.05) is 6.42 Å². The first-order valence-electron chi connectivity index (χ1n) is 34.6. The van der Waals surface area contributed by atoms with Crippen molar-refractivity contribution in [2.24, 2.45) is 0 Å². The Balaban J connectivity index is 4.10. The van der Waals surface area contributed by atoms with E-state index in [0.717, 1.165) is 77.0 Å². The fourth-order valence-electron chi connectivity index (χ4n) is 9.94. The zero-order valence-electron chi connectivity index (χ0n) is 54.4. The lowest BCUT2D eigenvalue weighted by molar-refractivity contribution is -0.870. The molecule has 476 valence electrons. The number of carbonyl (C=O) groups excluding carboxylic acids is 1. The summed E-state index contributed by atoms with van der Waals surface area (Å²) >= 11 is 0. The lowest BCUT2D eigenvalue weighted by Gasteiger charge is -2.29. The van der Waals surface area contributed by atoms with E-state index >= 15 is 0 Å². The number of hydrogen-bond acceptors (Lipinski definition) is 6. The average Bonchev–Trinajstić information content (AvgIpc) is 3.45. The number of unbranched alkanes of at least 4 members (excludes halogenated alkanes) is 36. The summed E-state index contributed by atoms with van der Waals surface area (Å²) in [6, 6.07) is -0.909. The predicted octanol–water partition coefficient (Wildman–Crippen LogP) is 21.5. The van der Waals surface area contributed by atoms with Crippen molar-refractivity contribution in [3.63, 3.8) is 0 Å². The monoisotopic (exact) mass is 1160 g/mol. The third-order valence-electron chi connectivity index (χ3n) is 15.3. The summed E-state index contributed by atoms with van der Waals surface area (Å²) in [7, 11) is 1.25. The van der Waals surface area contributed by atoms with Gasteiger partial charge in [-0.1, -0.05) is 317 Å². The third kappa shape index (κ3) is 65.0. The average molecular weight is 1170 g/mol. The summed E-state index contributed by atoms with van der Waals surface area (Å²) in [5.41, 5.74) is 0. The fourth-order valence-corrected chi connectivity index (χ4v) is 10.7. The van der Waals surface area contributed by atoms with Crippen molar-refractivity contribution < 1.29 is 32.9 Å². The molecular formula is C73H133N2O6P. The number of nitrogens with one attached hydrogen (secondary N) is 1. The largest absolute Gasteiger partial charge is 0.756 e. The van der Waals surface area contributed by atoms with Gasteiger partial charge in [0.2, 0.25) is 5.91 Å². The van der Waals surface area contributed by atoms with Crippen molar-refractivity contribution in [3.8, 4) is 0 Å². The van der Waals surface area contributed by atoms with Crippen LogP contribution in [-0.2, 0) is 18.4 Å². The van der Waals surface area contributed by atoms with Crippen molar-refractivity contribution in [2.75, 3.05) is 40.9 Å². The molecule has 8 nitrogen and oxygen atoms in total. The second-order valence-electron chi connectivity index (χ2n) is 24.5. The molecule has 3 atom stereocenters. The molecule has 0 spiro atoms. The Morgan fingerprint density at radius 3 is 1.13 bits per heavy atom. The minimum absolute atomic E-state index is 0.00862. The van der Waals surface area contributed by atoms with Gasteiger partial charge in [0.25, 0.3) is 7.82 Å². The van der Waals surface area contributed by atoms with Crippen LogP contribution in [0.25, 0.3) is 0 Å². The third-order valence-corrected chi connectivity index (χ3v) is 16.2. The van der Waals surface area contributed by atoms with E-state index < -0.39 is 26.6 Å². The SMILES string of the molecule is CC/C=C\C/C=C\C/C=C\C/C=C\C/C=C\C/C=C\CCCCCCCCCCCCCCCCCCC(=O)NC(COP(=O)([O-])OCC[N+](C)(C)C)C(O)/C=C/CC/C=C/CCCCCCCCCCCCCCCCCCCCC. The molecule has 0 aromatic heterocycles. The maximum Gasteiger partial charge on any atom is 0.268 e. The summed E-state index contributed by atoms with van der Waals surface area (Å²) in [4.78, 5) is 25.6. The van der Waals surface area contributed by atoms with Gasteiger partial charge in [0.05, 0.1) is 39.9 Å². The van der Waals surface area contributed by atoms with Crippen LogP contribution in [0.2, 0.25) is 0 Å². The number of aliphatic hydroxyl groups excluding tert-OH is 1. The number of phosphoric acid groups is 1. The molecule has 0 heterocycles. The van der Waals surface area contributed by atoms with Gasteiger partial charge in [-0.25, -0.2) is 0 Å². The van der Waals surface area contributed by atoms with Crippen LogP contribution in [-0.4, -0.2) is 68.5 Å². The summed E-state index contributed by atoms with van der Waals surface area (Å²) in [5, 5.41) is 13.9. The highest BCUT2D eigenvalue weighted by Crippen LogP contribution is 2.38. The smallest absolute Gasteiger partial charge is 0.268 e. The molecule has 0 bridgehead atoms. The van der Waals surface area contributed by atoms with E-state index in [0.29, 0.717) is 17.4 Å². The minimum Gasteiger partial charge on any atom is -0.756 e. The maximum absolute atomic E-state index is 13.0. The molecule has 0 aliphatic carbocycles. The number of allylic oxidation sites excluding steroid dienone is 15. The van der Waals surface area contributed by atoms with Crippen molar-refractivity contribution in [1.82, 2.24) is 5.32 Å². The number of carbonyl (C=O) groups is 1. The number of hydrogen-bond donors (Lipinski definition) is 2. The van der Waals surface area contributed by atoms with Crippen LogP contribution in [0.5, 0.6) is 0 Å². The zero-order chi connectivity index (χ0) is 59.8. The van der Waals surface area contributed by atoms with E-state index in [1.165, 1.54) is 212 Å². The van der Waals surface area contributed by atoms with E-state index in [9.17, 15) is 19.4 Å². The lowest BCUT2D eigenvalue weighted by atomic mass is 10.0. The highest BCUT2D eigenvalue weighted by Gasteiger charge is 2.23. The summed E-state index contributed by atoms with van der Waals surface area (Å²) in [5.74, 6) is -0.206. The molecule has 0 rings (SSSR count). The van der Waals surface area contributed by atoms with E-state index in [4.69, 9.17) is 9.05 Å². The van der Waals surface area contributed by atoms with Gasteiger partial charge in [-0.2, -0.15) is 0 Å². The molecule has 3 unspecified atom stereocenters. The lowest BCUT2D eigenvalue weighted by Crippen LogP contribution is -2.45. The highest BCUT2D eigenvalue weighted by molar-refractivity contribution is 7.45. The number of aliphatic hydroxyl groups is 1. The first-order valence-corrected chi connectivity index (χ1v) is 36.1. The van der Waals surface area contributed by atoms with Crippen LogP contribution in [0.4, 0.5) is 0 Å². The molecule has 1 amide bonds. The molecule has 0 aliphatic heterocycles. The molecule has 0 saturated heterocycles. The Bertz CT molecular complexity index is 1660. The van der Waals surface area contributed by atoms with Crippen LogP contribution in [0.15, 0.2) is 97.2 Å². The molecule has 2 N–H and O–H groups in total. The topological polar surface area (TPSA) is 108 Å². The number of amides is 1. The molecule has 0 radical (unpaired) electrons. The normalized spacial score (nSPS) is 14.3. The second kappa shape index (κ2) is 62.9. The maximum atomic E-state index is 13.0. The molecule has 0 aliphatic rings. The quantitative estimate of drug-likeness (QED) is 0.0272. The fraction of sp³-hybridized carbons (Fsp3) is 0.767. The van der Waals surface area contributed by atoms with Gasteiger partial charge >= 0.3 is 0 Å². The van der Waals surface area contributed by atoms with Crippen LogP contribution in [0.1, 0.15) is 309 Å². The van der Waals surface area contributed by atoms with Gasteiger partial charge in [0.15, 0.2) is 0 Å². The van der Waals surface area contributed by atoms with Gasteiger partial charge in [-0.05, 0) is 83.5 Å². The molecule has 0 aromatic rings. The molecule has 0 aromatic carbocycles. The van der Waals surface area contributed by atoms with Gasteiger partial charge in [-0.15, -0.1) is 0 Å². The summed E-state index contributed by atoms with van der Waals surface area (Å²) in [6.07, 6.45) is 91.0. The van der Waals surface area contributed by atoms with E-state index in [2.05, 4.69) is 104 Å². The van der Waals surface area contributed by atoms with Crippen LogP contribution >= 0.6 is 7.82 Å². The van der Waals surface area contributed by atoms with Gasteiger partial charge in [0.1, 0.15) is 13.2 Å². The molecule has 82 heavy (non-hydrogen) atoms. The summed E-state index contributed by atoms with van der Waals surface area (Å²) < 4.78 is 23.4. The van der Waals surface area contributed by atoms with E-state index in [1.54, 1.807) is 6.08 Å². The van der Waals surface area contributed by atoms with Crippen molar-refractivity contribution in [1.29, 1.82) is 0 Å². The van der Waals surface area contributed by atoms with Crippen molar-refractivity contribution in [2.45, 2.75) is 321 Å². The van der Waals surface area contributed by atoms with Crippen molar-refractivity contribution >= 4 is 13.7 Å². The Morgan fingerprint density at radius 1 is 0.439 bits per heavy atom. The Kier molecular flexibility index (Phi) is 61.0. The number of quaternary nitrogens is 1. The molecule has 9 heteroatoms. The Morgan fingerprint density at radius 2 is 0.756 bits per heavy atom. The molecule has 0 fully saturated rings. The Hall–Kier alpha value is -2.58. The van der Waals surface area contributed by atoms with Crippen LogP contribution < -0.4 is 10.2 Å². The first kappa shape index (κ1) is 79.4. The molecule has 0 saturated carbocycles. The van der Waals surface area contributed by atoms with Crippen molar-refractivity contribution in [3.05, 3.63) is 97.2 Å². The van der Waals surface area contributed by atoms with E-state index in [1.807, 2.05) is 27.2 Å². The first-order chi connectivity index (χ1) is 40.0. The van der Waals surface area contributed by atoms with E-state index in [-0.39, 0.29) is 12.5 Å².